The fourth-order valence-corrected chi connectivity index (χ4v) is 22.4. The van der Waals surface area contributed by atoms with Crippen molar-refractivity contribution in [1.82, 2.24) is 28.7 Å². The molecule has 4 aliphatic rings. The first-order chi connectivity index (χ1) is 66.6. The summed E-state index contributed by atoms with van der Waals surface area (Å²) in [5, 5.41) is 14.9. The Morgan fingerprint density at radius 2 is 0.467 bits per heavy atom. The Labute approximate surface area is 781 Å². The molecule has 0 saturated carbocycles. The molecule has 0 N–H and O–H groups in total. The van der Waals surface area contributed by atoms with E-state index in [0.717, 1.165) is 133 Å². The van der Waals surface area contributed by atoms with Crippen LogP contribution in [-0.4, -0.2) is 28.7 Å². The zero-order chi connectivity index (χ0) is 89.8. The number of hydrogen-bond donors (Lipinski definition) is 0. The smallest absolute Gasteiger partial charge is 0.153 e. The van der Waals surface area contributed by atoms with E-state index in [1.807, 2.05) is 36.4 Å². The van der Waals surface area contributed by atoms with Crippen molar-refractivity contribution in [2.45, 2.75) is 59.3 Å². The summed E-state index contributed by atoms with van der Waals surface area (Å²) in [7, 11) is 0. The predicted octanol–water partition coefficient (Wildman–Crippen LogP) is 33.6. The summed E-state index contributed by atoms with van der Waals surface area (Å²) in [6.07, 6.45) is 2.50. The lowest BCUT2D eigenvalue weighted by Crippen LogP contribution is -2.14. The Kier molecular flexibility index (Phi) is 18.4. The molecule has 24 aromatic rings. The molecular weight excluding hydrogens is 1650 g/mol. The van der Waals surface area contributed by atoms with Crippen LogP contribution in [0.25, 0.3) is 215 Å². The van der Waals surface area contributed by atoms with Crippen molar-refractivity contribution in [2.75, 3.05) is 0 Å². The maximum Gasteiger partial charge on any atom is 0.153 e. The highest BCUT2D eigenvalue weighted by atomic mass is 16.5. The van der Waals surface area contributed by atoms with Crippen LogP contribution in [0, 0.1) is 0 Å². The Hall–Kier alpha value is -17.0. The zero-order valence-corrected chi connectivity index (χ0v) is 75.2. The van der Waals surface area contributed by atoms with Gasteiger partial charge in [0, 0.05) is 24.7 Å². The van der Waals surface area contributed by atoms with Crippen LogP contribution in [0.3, 0.4) is 0 Å². The maximum atomic E-state index is 6.47. The largest absolute Gasteiger partial charge is 0.453 e. The van der Waals surface area contributed by atoms with Gasteiger partial charge in [0.2, 0.25) is 0 Å². The number of rotatable bonds is 11. The first kappa shape index (κ1) is 79.0. The number of aryl methyl sites for hydroxylation is 3. The van der Waals surface area contributed by atoms with Gasteiger partial charge in [0.15, 0.2) is 34.5 Å². The van der Waals surface area contributed by atoms with E-state index < -0.39 is 0 Å². The van der Waals surface area contributed by atoms with Crippen molar-refractivity contribution >= 4 is 97.7 Å². The molecule has 6 heterocycles. The van der Waals surface area contributed by atoms with Crippen LogP contribution in [0.4, 0.5) is 0 Å². The van der Waals surface area contributed by atoms with Crippen molar-refractivity contribution in [2.24, 2.45) is 0 Å². The molecule has 0 spiro atoms. The summed E-state index contributed by atoms with van der Waals surface area (Å²) in [5.74, 6) is 8.25. The second-order valence-electron chi connectivity index (χ2n) is 36.2. The second-order valence-corrected chi connectivity index (χ2v) is 36.2. The molecule has 0 saturated heterocycles. The summed E-state index contributed by atoms with van der Waals surface area (Å²) in [6, 6.07) is 146. The molecule has 0 bridgehead atoms. The van der Waals surface area contributed by atoms with Crippen LogP contribution in [0.5, 0.6) is 34.5 Å². The molecule has 0 fully saturated rings. The van der Waals surface area contributed by atoms with Crippen LogP contribution in [-0.2, 0) is 24.7 Å². The van der Waals surface area contributed by atoms with Gasteiger partial charge in [-0.2, -0.15) is 0 Å². The maximum absolute atomic E-state index is 6.47. The van der Waals surface area contributed by atoms with Crippen LogP contribution in [0.15, 0.2) is 406 Å². The number of imidazole rings is 3. The van der Waals surface area contributed by atoms with Crippen LogP contribution in [0.1, 0.15) is 63.2 Å². The fourth-order valence-electron chi connectivity index (χ4n) is 22.4. The number of ether oxygens (including phenoxy) is 3. The highest BCUT2D eigenvalue weighted by molar-refractivity contribution is 6.25. The molecular formula is C126H88N6O3. The molecule has 21 aromatic carbocycles. The van der Waals surface area contributed by atoms with E-state index in [1.54, 1.807) is 0 Å². The third-order valence-electron chi connectivity index (χ3n) is 28.4. The quantitative estimate of drug-likeness (QED) is 0.120. The van der Waals surface area contributed by atoms with Crippen LogP contribution >= 0.6 is 0 Å². The van der Waals surface area contributed by atoms with Gasteiger partial charge in [-0.15, -0.1) is 0 Å². The van der Waals surface area contributed by atoms with Crippen molar-refractivity contribution in [3.8, 4) is 152 Å². The van der Waals surface area contributed by atoms with E-state index in [9.17, 15) is 0 Å². The van der Waals surface area contributed by atoms with Gasteiger partial charge in [-0.05, 0) is 261 Å². The van der Waals surface area contributed by atoms with Gasteiger partial charge in [0.1, 0.15) is 34.0 Å². The minimum absolute atomic E-state index is 0.0621. The van der Waals surface area contributed by atoms with Gasteiger partial charge in [-0.25, -0.2) is 15.0 Å². The molecule has 0 unspecified atom stereocenters. The average Bonchev–Trinajstić information content (AvgIpc) is 1.68. The summed E-state index contributed by atoms with van der Waals surface area (Å²) in [4.78, 5) is 14.9. The molecule has 9 nitrogen and oxygen atoms in total. The predicted molar refractivity (Wildman–Crippen MR) is 558 cm³/mol. The Morgan fingerprint density at radius 3 is 0.830 bits per heavy atom. The third kappa shape index (κ3) is 12.5. The third-order valence-corrected chi connectivity index (χ3v) is 28.4. The standard InChI is InChI=1S/C44H32N2O.2C41H28N2O/c1-4-40-45-36-18-11-19-39-43(36)46(40)37-25-27(21-23-38(37)47-39)42-32-15-7-5-13-30(32)41(31-14-6-8-16-33(31)42)26-20-22-29-28-12-9-10-17-34(28)44(2,3)35(29)24-26;1-2-38-42-34-20-11-21-37-41(34)43(38)35-25-29(22-23-36(35)44-37)40-32-18-8-6-16-30(32)39(31-17-7-9-19-33(31)40)28-15-10-14-27(24-28)26-12-4-3-5-13-26;1-2-38-42-34-17-10-18-37-41(34)43(38)35-25-29(23-24-36(35)44-37)40-32-15-8-6-13-30(32)39(31-14-7-9-16-33(31)40)28-21-19-27(20-22-28)26-11-4-3-5-12-26/h5-25H,4H2,1-3H3;2*3-25H,2H2,1H3. The Morgan fingerprint density at radius 1 is 0.207 bits per heavy atom. The van der Waals surface area contributed by atoms with Crippen molar-refractivity contribution in [1.29, 1.82) is 0 Å². The molecule has 9 heteroatoms. The molecule has 135 heavy (non-hydrogen) atoms. The van der Waals surface area contributed by atoms with E-state index in [1.165, 1.54) is 165 Å². The van der Waals surface area contributed by atoms with Gasteiger partial charge in [0.05, 0.1) is 33.6 Å². The Bertz CT molecular complexity index is 8900. The summed E-state index contributed by atoms with van der Waals surface area (Å²) in [5.41, 5.74) is 34.1. The minimum Gasteiger partial charge on any atom is -0.453 e. The van der Waals surface area contributed by atoms with Crippen molar-refractivity contribution in [3.63, 3.8) is 0 Å². The first-order valence-corrected chi connectivity index (χ1v) is 47.0. The minimum atomic E-state index is -0.0621. The molecule has 28 rings (SSSR count). The van der Waals surface area contributed by atoms with E-state index in [2.05, 4.69) is 418 Å². The molecule has 640 valence electrons. The molecule has 3 aliphatic heterocycles. The highest BCUT2D eigenvalue weighted by Crippen LogP contribution is 2.56. The molecule has 3 aromatic heterocycles. The highest BCUT2D eigenvalue weighted by Gasteiger charge is 2.37. The monoisotopic (exact) mass is 1730 g/mol. The second kappa shape index (κ2) is 31.4. The number of aromatic nitrogens is 6. The molecule has 0 atom stereocenters. The van der Waals surface area contributed by atoms with Crippen LogP contribution in [0.2, 0.25) is 0 Å². The summed E-state index contributed by atoms with van der Waals surface area (Å²) in [6.45, 7) is 11.2. The molecule has 1 aliphatic carbocycles. The number of para-hydroxylation sites is 3. The zero-order valence-electron chi connectivity index (χ0n) is 75.2. The van der Waals surface area contributed by atoms with E-state index in [0.29, 0.717) is 0 Å². The lowest BCUT2D eigenvalue weighted by atomic mass is 9.80. The van der Waals surface area contributed by atoms with Gasteiger partial charge < -0.3 is 14.2 Å². The van der Waals surface area contributed by atoms with Crippen LogP contribution < -0.4 is 14.2 Å². The van der Waals surface area contributed by atoms with E-state index in [4.69, 9.17) is 29.2 Å². The number of benzene rings is 21. The SMILES string of the molecule is CCc1nc2cccc3c2n1-c1cc(-c2c4ccccc4c(-c4ccc(-c5ccccc5)cc4)c4ccccc24)ccc1O3.CCc1nc2cccc3c2n1-c1cc(-c2c4ccccc4c(-c4ccc5c(c4)C(C)(C)c4ccccc4-5)c4ccccc24)ccc1O3.CCc1nc2cccc3c2n1-c1cc(-c2c4ccccc4c(-c4cccc(-c5ccccc5)c4)c4ccccc24)ccc1O3. The van der Waals surface area contributed by atoms with E-state index in [-0.39, 0.29) is 5.41 Å². The van der Waals surface area contributed by atoms with Gasteiger partial charge in [-0.1, -0.05) is 356 Å². The molecule has 0 amide bonds. The Balaban J connectivity index is 0.000000105. The first-order valence-electron chi connectivity index (χ1n) is 47.0. The lowest BCUT2D eigenvalue weighted by Gasteiger charge is -2.24. The topological polar surface area (TPSA) is 81.1 Å². The average molecular weight is 1730 g/mol. The fraction of sp³-hybridized carbons (Fsp3) is 0.0714. The lowest BCUT2D eigenvalue weighted by molar-refractivity contribution is 0.474. The summed E-state index contributed by atoms with van der Waals surface area (Å²) >= 11 is 0. The number of nitrogens with zero attached hydrogens (tertiary/aromatic N) is 6. The number of hydrogen-bond acceptors (Lipinski definition) is 6. The molecule has 0 radical (unpaired) electrons. The van der Waals surface area contributed by atoms with Crippen molar-refractivity contribution < 1.29 is 14.2 Å². The van der Waals surface area contributed by atoms with E-state index >= 15 is 0 Å². The number of fused-ring (bicyclic) bond motifs is 15. The summed E-state index contributed by atoms with van der Waals surface area (Å²) < 4.78 is 26.2. The normalized spacial score (nSPS) is 12.7. The van der Waals surface area contributed by atoms with Gasteiger partial charge in [-0.3, -0.25) is 13.7 Å². The van der Waals surface area contributed by atoms with Gasteiger partial charge >= 0.3 is 0 Å². The van der Waals surface area contributed by atoms with Gasteiger partial charge in [0.25, 0.3) is 0 Å². The van der Waals surface area contributed by atoms with Crippen molar-refractivity contribution in [3.05, 3.63) is 435 Å².